The van der Waals surface area contributed by atoms with Gasteiger partial charge in [0, 0.05) is 29.6 Å². The summed E-state index contributed by atoms with van der Waals surface area (Å²) in [5.41, 5.74) is 3.72. The van der Waals surface area contributed by atoms with E-state index in [1.165, 1.54) is 35.2 Å². The van der Waals surface area contributed by atoms with Crippen LogP contribution in [0.5, 0.6) is 0 Å². The molecule has 1 atom stereocenters. The van der Waals surface area contributed by atoms with Crippen molar-refractivity contribution < 1.29 is 18.0 Å². The van der Waals surface area contributed by atoms with Crippen LogP contribution in [-0.4, -0.2) is 44.3 Å². The second-order valence-electron chi connectivity index (χ2n) is 11.0. The Morgan fingerprint density at radius 3 is 1.96 bits per heavy atom. The number of anilines is 1. The van der Waals surface area contributed by atoms with Crippen LogP contribution in [0.4, 0.5) is 5.69 Å². The number of halogens is 2. The lowest BCUT2D eigenvalue weighted by Crippen LogP contribution is -2.53. The number of hydrogen-bond acceptors (Lipinski definition) is 4. The lowest BCUT2D eigenvalue weighted by Gasteiger charge is -2.34. The standard InChI is InChI=1S/C35H37Cl2N3O4S/c1-4-18-38-35(42)33(19-27-8-6-5-7-9-27)39(23-28-14-10-25(2)11-15-28)34(41)24-40(31-21-29(36)20-30(37)22-31)45(43,44)32-16-12-26(3)13-17-32/h5-17,20-22,33H,4,18-19,23-24H2,1-3H3,(H,38,42)/t33-/m1/s1. The van der Waals surface area contributed by atoms with Crippen molar-refractivity contribution in [1.29, 1.82) is 0 Å². The van der Waals surface area contributed by atoms with Crippen LogP contribution in [0.2, 0.25) is 10.0 Å². The molecule has 4 aromatic carbocycles. The average molecular weight is 667 g/mol. The summed E-state index contributed by atoms with van der Waals surface area (Å²) in [6, 6.07) is 26.9. The molecule has 0 saturated heterocycles. The topological polar surface area (TPSA) is 86.8 Å². The zero-order chi connectivity index (χ0) is 32.6. The molecule has 0 bridgehead atoms. The molecular formula is C35H37Cl2N3O4S. The van der Waals surface area contributed by atoms with Crippen LogP contribution in [0.3, 0.4) is 0 Å². The molecule has 0 aliphatic heterocycles. The first-order valence-electron chi connectivity index (χ1n) is 14.7. The summed E-state index contributed by atoms with van der Waals surface area (Å²) in [4.78, 5) is 29.7. The normalized spacial score (nSPS) is 11.9. The molecule has 0 heterocycles. The molecule has 1 N–H and O–H groups in total. The van der Waals surface area contributed by atoms with Crippen molar-refractivity contribution in [2.75, 3.05) is 17.4 Å². The van der Waals surface area contributed by atoms with E-state index in [-0.39, 0.29) is 39.5 Å². The van der Waals surface area contributed by atoms with E-state index < -0.39 is 28.5 Å². The third-order valence-corrected chi connectivity index (χ3v) is 9.54. The van der Waals surface area contributed by atoms with Crippen LogP contribution in [0.15, 0.2) is 102 Å². The van der Waals surface area contributed by atoms with Crippen molar-refractivity contribution in [2.45, 2.75) is 51.1 Å². The number of carbonyl (C=O) groups excluding carboxylic acids is 2. The highest BCUT2D eigenvalue weighted by Gasteiger charge is 2.34. The summed E-state index contributed by atoms with van der Waals surface area (Å²) in [6.45, 7) is 5.70. The van der Waals surface area contributed by atoms with E-state index in [4.69, 9.17) is 23.2 Å². The van der Waals surface area contributed by atoms with Crippen LogP contribution in [0.25, 0.3) is 0 Å². The first-order valence-corrected chi connectivity index (χ1v) is 16.9. The molecule has 4 aromatic rings. The summed E-state index contributed by atoms with van der Waals surface area (Å²) in [5.74, 6) is -0.880. The fourth-order valence-electron chi connectivity index (χ4n) is 4.86. The molecule has 0 aromatic heterocycles. The van der Waals surface area contributed by atoms with Crippen molar-refractivity contribution in [3.05, 3.63) is 129 Å². The number of amides is 2. The molecule has 0 fully saturated rings. The zero-order valence-corrected chi connectivity index (χ0v) is 27.9. The summed E-state index contributed by atoms with van der Waals surface area (Å²) >= 11 is 12.6. The van der Waals surface area contributed by atoms with Crippen molar-refractivity contribution >= 4 is 50.7 Å². The zero-order valence-electron chi connectivity index (χ0n) is 25.5. The first kappa shape index (κ1) is 34.0. The maximum Gasteiger partial charge on any atom is 0.264 e. The van der Waals surface area contributed by atoms with Gasteiger partial charge < -0.3 is 10.2 Å². The van der Waals surface area contributed by atoms with Gasteiger partial charge in [0.1, 0.15) is 12.6 Å². The minimum absolute atomic E-state index is 0.00334. The SMILES string of the molecule is CCCNC(=O)[C@@H](Cc1ccccc1)N(Cc1ccc(C)cc1)C(=O)CN(c1cc(Cl)cc(Cl)c1)S(=O)(=O)c1ccc(C)cc1. The number of sulfonamides is 1. The molecule has 0 unspecified atom stereocenters. The molecule has 0 aliphatic carbocycles. The molecule has 236 valence electrons. The number of carbonyl (C=O) groups is 2. The smallest absolute Gasteiger partial charge is 0.264 e. The summed E-state index contributed by atoms with van der Waals surface area (Å²) in [6.07, 6.45) is 0.954. The van der Waals surface area contributed by atoms with E-state index in [1.807, 2.05) is 75.4 Å². The van der Waals surface area contributed by atoms with Gasteiger partial charge in [-0.15, -0.1) is 0 Å². The van der Waals surface area contributed by atoms with Crippen molar-refractivity contribution in [3.8, 4) is 0 Å². The van der Waals surface area contributed by atoms with E-state index in [1.54, 1.807) is 12.1 Å². The van der Waals surface area contributed by atoms with Gasteiger partial charge in [-0.3, -0.25) is 13.9 Å². The second kappa shape index (κ2) is 15.4. The van der Waals surface area contributed by atoms with Crippen LogP contribution in [0, 0.1) is 13.8 Å². The number of benzene rings is 4. The predicted molar refractivity (Wildman–Crippen MR) is 181 cm³/mol. The van der Waals surface area contributed by atoms with Crippen molar-refractivity contribution in [2.24, 2.45) is 0 Å². The van der Waals surface area contributed by atoms with Gasteiger partial charge >= 0.3 is 0 Å². The number of aryl methyl sites for hydroxylation is 2. The van der Waals surface area contributed by atoms with Gasteiger partial charge in [0.2, 0.25) is 11.8 Å². The Balaban J connectivity index is 1.81. The van der Waals surface area contributed by atoms with Crippen molar-refractivity contribution in [1.82, 2.24) is 10.2 Å². The summed E-state index contributed by atoms with van der Waals surface area (Å²) < 4.78 is 29.3. The van der Waals surface area contributed by atoms with Gasteiger partial charge in [0.15, 0.2) is 0 Å². The van der Waals surface area contributed by atoms with Crippen LogP contribution >= 0.6 is 23.2 Å². The molecule has 0 saturated carbocycles. The minimum atomic E-state index is -4.26. The number of nitrogens with zero attached hydrogens (tertiary/aromatic N) is 2. The molecule has 0 aliphatic rings. The Labute approximate surface area is 275 Å². The van der Waals surface area contributed by atoms with Crippen LogP contribution in [0.1, 0.15) is 35.6 Å². The maximum absolute atomic E-state index is 14.5. The van der Waals surface area contributed by atoms with E-state index >= 15 is 0 Å². The number of rotatable bonds is 13. The van der Waals surface area contributed by atoms with E-state index in [2.05, 4.69) is 5.32 Å². The molecule has 2 amide bonds. The van der Waals surface area contributed by atoms with E-state index in [0.29, 0.717) is 13.0 Å². The quantitative estimate of drug-likeness (QED) is 0.167. The fourth-order valence-corrected chi connectivity index (χ4v) is 6.77. The fraction of sp³-hybridized carbons (Fsp3) is 0.257. The molecule has 45 heavy (non-hydrogen) atoms. The largest absolute Gasteiger partial charge is 0.354 e. The monoisotopic (exact) mass is 665 g/mol. The Kier molecular flexibility index (Phi) is 11.7. The minimum Gasteiger partial charge on any atom is -0.354 e. The predicted octanol–water partition coefficient (Wildman–Crippen LogP) is 6.97. The van der Waals surface area contributed by atoms with Gasteiger partial charge in [-0.1, -0.05) is 108 Å². The van der Waals surface area contributed by atoms with Gasteiger partial charge in [-0.2, -0.15) is 0 Å². The van der Waals surface area contributed by atoms with Crippen LogP contribution in [-0.2, 0) is 32.6 Å². The van der Waals surface area contributed by atoms with Gasteiger partial charge in [0.25, 0.3) is 10.0 Å². The Hall–Kier alpha value is -3.85. The van der Waals surface area contributed by atoms with Gasteiger partial charge in [-0.25, -0.2) is 8.42 Å². The van der Waals surface area contributed by atoms with Crippen molar-refractivity contribution in [3.63, 3.8) is 0 Å². The Morgan fingerprint density at radius 1 is 0.800 bits per heavy atom. The lowest BCUT2D eigenvalue weighted by molar-refractivity contribution is -0.140. The second-order valence-corrected chi connectivity index (χ2v) is 13.7. The highest BCUT2D eigenvalue weighted by atomic mass is 35.5. The summed E-state index contributed by atoms with van der Waals surface area (Å²) in [7, 11) is -4.26. The molecular weight excluding hydrogens is 629 g/mol. The maximum atomic E-state index is 14.5. The molecule has 10 heteroatoms. The highest BCUT2D eigenvalue weighted by Crippen LogP contribution is 2.30. The molecule has 4 rings (SSSR count). The van der Waals surface area contributed by atoms with E-state index in [9.17, 15) is 18.0 Å². The van der Waals surface area contributed by atoms with Crippen LogP contribution < -0.4 is 9.62 Å². The molecule has 0 radical (unpaired) electrons. The third kappa shape index (κ3) is 9.10. The average Bonchev–Trinajstić information content (AvgIpc) is 3.01. The lowest BCUT2D eigenvalue weighted by atomic mass is 10.0. The molecule has 0 spiro atoms. The first-order chi connectivity index (χ1) is 21.5. The summed E-state index contributed by atoms with van der Waals surface area (Å²) in [5, 5.41) is 3.37. The Morgan fingerprint density at radius 2 is 1.38 bits per heavy atom. The third-order valence-electron chi connectivity index (χ3n) is 7.32. The Bertz CT molecular complexity index is 1690. The van der Waals surface area contributed by atoms with Gasteiger partial charge in [-0.05, 0) is 61.7 Å². The van der Waals surface area contributed by atoms with E-state index in [0.717, 1.165) is 26.6 Å². The number of hydrogen-bond donors (Lipinski definition) is 1. The van der Waals surface area contributed by atoms with Gasteiger partial charge in [0.05, 0.1) is 10.6 Å². The highest BCUT2D eigenvalue weighted by molar-refractivity contribution is 7.92. The number of nitrogens with one attached hydrogen (secondary N) is 1. The molecule has 7 nitrogen and oxygen atoms in total.